The van der Waals surface area contributed by atoms with E-state index in [2.05, 4.69) is 15.1 Å². The molecule has 3 aromatic carbocycles. The van der Waals surface area contributed by atoms with E-state index in [1.165, 1.54) is 0 Å². The lowest BCUT2D eigenvalue weighted by Gasteiger charge is -2.32. The van der Waals surface area contributed by atoms with E-state index in [1.54, 1.807) is 43.4 Å². The van der Waals surface area contributed by atoms with E-state index in [4.69, 9.17) is 21.1 Å². The molecule has 1 fully saturated rings. The average molecular weight is 614 g/mol. The molecule has 0 bridgehead atoms. The van der Waals surface area contributed by atoms with E-state index in [0.29, 0.717) is 47.4 Å². The summed E-state index contributed by atoms with van der Waals surface area (Å²) in [7, 11) is 3.22. The third-order valence-corrected chi connectivity index (χ3v) is 8.26. The van der Waals surface area contributed by atoms with Gasteiger partial charge in [-0.2, -0.15) is 0 Å². The standard InChI is InChI=1S/C34H36ClN5O4/c1-24(25-10-5-4-6-11-25)40(34(42)27-12-7-8-13-29(27)35)23-33(41)39-19-9-18-38(20-21-39)32-17-16-30(36-37-32)28-15-14-26(43-2)22-31(28)44-3/h4-8,10-17,22,24H,9,18-21,23H2,1-3H3/t24-/m0/s1. The lowest BCUT2D eigenvalue weighted by Crippen LogP contribution is -2.45. The van der Waals surface area contributed by atoms with Gasteiger partial charge in [0.1, 0.15) is 18.0 Å². The summed E-state index contributed by atoms with van der Waals surface area (Å²) in [5.41, 5.74) is 2.83. The Balaban J connectivity index is 1.28. The highest BCUT2D eigenvalue weighted by Crippen LogP contribution is 2.32. The summed E-state index contributed by atoms with van der Waals surface area (Å²) < 4.78 is 10.8. The molecule has 0 radical (unpaired) electrons. The van der Waals surface area contributed by atoms with Crippen molar-refractivity contribution in [2.24, 2.45) is 0 Å². The summed E-state index contributed by atoms with van der Waals surface area (Å²) >= 11 is 6.40. The molecule has 1 aromatic heterocycles. The normalized spacial score (nSPS) is 14.0. The van der Waals surface area contributed by atoms with Gasteiger partial charge in [0, 0.05) is 37.8 Å². The number of nitrogens with zero attached hydrogens (tertiary/aromatic N) is 5. The van der Waals surface area contributed by atoms with Crippen molar-refractivity contribution in [1.29, 1.82) is 0 Å². The van der Waals surface area contributed by atoms with E-state index in [-0.39, 0.29) is 24.4 Å². The smallest absolute Gasteiger partial charge is 0.256 e. The van der Waals surface area contributed by atoms with Gasteiger partial charge in [0.2, 0.25) is 5.91 Å². The third kappa shape index (κ3) is 6.94. The Bertz CT molecular complexity index is 1580. The van der Waals surface area contributed by atoms with Crippen LogP contribution in [0.25, 0.3) is 11.3 Å². The van der Waals surface area contributed by atoms with Crippen LogP contribution in [0.4, 0.5) is 5.82 Å². The second-order valence-electron chi connectivity index (χ2n) is 10.6. The first-order valence-electron chi connectivity index (χ1n) is 14.6. The van der Waals surface area contributed by atoms with Gasteiger partial charge in [0.15, 0.2) is 5.82 Å². The SMILES string of the molecule is COc1ccc(-c2ccc(N3CCCN(C(=O)CN(C(=O)c4ccccc4Cl)[C@@H](C)c4ccccc4)CC3)nn2)c(OC)c1. The van der Waals surface area contributed by atoms with E-state index in [0.717, 1.165) is 29.9 Å². The van der Waals surface area contributed by atoms with Crippen LogP contribution in [-0.2, 0) is 4.79 Å². The number of benzene rings is 3. The molecule has 4 aromatic rings. The molecule has 0 spiro atoms. The minimum atomic E-state index is -0.328. The molecule has 0 saturated carbocycles. The highest BCUT2D eigenvalue weighted by atomic mass is 35.5. The number of hydrogen-bond donors (Lipinski definition) is 0. The highest BCUT2D eigenvalue weighted by molar-refractivity contribution is 6.33. The van der Waals surface area contributed by atoms with Gasteiger partial charge < -0.3 is 24.2 Å². The van der Waals surface area contributed by atoms with Crippen LogP contribution in [0.5, 0.6) is 11.5 Å². The summed E-state index contributed by atoms with van der Waals surface area (Å²) in [6.07, 6.45) is 0.758. The molecule has 1 atom stereocenters. The zero-order valence-corrected chi connectivity index (χ0v) is 25.9. The van der Waals surface area contributed by atoms with Crippen LogP contribution < -0.4 is 14.4 Å². The summed E-state index contributed by atoms with van der Waals surface area (Å²) in [6, 6.07) is 25.8. The predicted molar refractivity (Wildman–Crippen MR) is 171 cm³/mol. The van der Waals surface area contributed by atoms with Crippen molar-refractivity contribution in [3.05, 3.63) is 101 Å². The number of ether oxygens (including phenoxy) is 2. The number of carbonyl (C=O) groups is 2. The highest BCUT2D eigenvalue weighted by Gasteiger charge is 2.29. The summed E-state index contributed by atoms with van der Waals surface area (Å²) in [4.78, 5) is 33.0. The number of methoxy groups -OCH3 is 2. The van der Waals surface area contributed by atoms with E-state index in [9.17, 15) is 9.59 Å². The number of anilines is 1. The largest absolute Gasteiger partial charge is 0.497 e. The molecule has 0 N–H and O–H groups in total. The molecule has 9 nitrogen and oxygen atoms in total. The third-order valence-electron chi connectivity index (χ3n) is 7.93. The molecule has 44 heavy (non-hydrogen) atoms. The Morgan fingerprint density at radius 1 is 0.886 bits per heavy atom. The van der Waals surface area contributed by atoms with Crippen molar-refractivity contribution in [1.82, 2.24) is 20.0 Å². The van der Waals surface area contributed by atoms with Gasteiger partial charge in [0.05, 0.1) is 36.5 Å². The van der Waals surface area contributed by atoms with Crippen LogP contribution in [0.15, 0.2) is 84.9 Å². The van der Waals surface area contributed by atoms with Crippen LogP contribution in [0.3, 0.4) is 0 Å². The lowest BCUT2D eigenvalue weighted by atomic mass is 10.1. The van der Waals surface area contributed by atoms with Gasteiger partial charge in [-0.1, -0.05) is 54.1 Å². The Hall–Kier alpha value is -4.63. The molecule has 1 aliphatic rings. The fourth-order valence-corrected chi connectivity index (χ4v) is 5.59. The molecule has 1 saturated heterocycles. The van der Waals surface area contributed by atoms with E-state index < -0.39 is 0 Å². The monoisotopic (exact) mass is 613 g/mol. The first-order chi connectivity index (χ1) is 21.4. The predicted octanol–water partition coefficient (Wildman–Crippen LogP) is 5.76. The van der Waals surface area contributed by atoms with Crippen LogP contribution in [0.2, 0.25) is 5.02 Å². The van der Waals surface area contributed by atoms with Gasteiger partial charge in [0.25, 0.3) is 5.91 Å². The molecule has 228 valence electrons. The average Bonchev–Trinajstić information content (AvgIpc) is 3.33. The number of amides is 2. The number of halogens is 1. The van der Waals surface area contributed by atoms with E-state index in [1.807, 2.05) is 72.5 Å². The molecule has 5 rings (SSSR count). The molecule has 0 unspecified atom stereocenters. The molecule has 2 heterocycles. The molecule has 1 aliphatic heterocycles. The Morgan fingerprint density at radius 3 is 2.36 bits per heavy atom. The number of rotatable bonds is 9. The maximum Gasteiger partial charge on any atom is 0.256 e. The molecule has 2 amide bonds. The molecule has 0 aliphatic carbocycles. The van der Waals surface area contributed by atoms with Crippen molar-refractivity contribution >= 4 is 29.2 Å². The maximum atomic E-state index is 13.7. The van der Waals surface area contributed by atoms with Gasteiger partial charge in [-0.3, -0.25) is 9.59 Å². The number of carbonyl (C=O) groups excluding carboxylic acids is 2. The fourth-order valence-electron chi connectivity index (χ4n) is 5.37. The summed E-state index contributed by atoms with van der Waals surface area (Å²) in [5.74, 6) is 1.70. The van der Waals surface area contributed by atoms with Crippen LogP contribution in [0.1, 0.15) is 35.3 Å². The first kappa shape index (κ1) is 30.8. The number of hydrogen-bond acceptors (Lipinski definition) is 7. The zero-order chi connectivity index (χ0) is 31.1. The van der Waals surface area contributed by atoms with Gasteiger partial charge in [-0.05, 0) is 55.3 Å². The van der Waals surface area contributed by atoms with Crippen molar-refractivity contribution in [3.8, 4) is 22.8 Å². The van der Waals surface area contributed by atoms with Crippen molar-refractivity contribution in [2.45, 2.75) is 19.4 Å². The quantitative estimate of drug-likeness (QED) is 0.237. The minimum absolute atomic E-state index is 0.0572. The number of aromatic nitrogens is 2. The summed E-state index contributed by atoms with van der Waals surface area (Å²) in [6.45, 7) is 4.29. The maximum absolute atomic E-state index is 13.7. The molecule has 10 heteroatoms. The van der Waals surface area contributed by atoms with Gasteiger partial charge in [-0.25, -0.2) is 0 Å². The summed E-state index contributed by atoms with van der Waals surface area (Å²) in [5, 5.41) is 9.33. The fraction of sp³-hybridized carbons (Fsp3) is 0.294. The van der Waals surface area contributed by atoms with Crippen molar-refractivity contribution in [3.63, 3.8) is 0 Å². The Labute approximate surface area is 263 Å². The second-order valence-corrected chi connectivity index (χ2v) is 11.0. The van der Waals surface area contributed by atoms with Crippen molar-refractivity contribution in [2.75, 3.05) is 51.8 Å². The first-order valence-corrected chi connectivity index (χ1v) is 15.0. The van der Waals surface area contributed by atoms with Gasteiger partial charge >= 0.3 is 0 Å². The second kappa shape index (κ2) is 14.2. The van der Waals surface area contributed by atoms with Crippen LogP contribution in [-0.4, -0.2) is 78.8 Å². The van der Waals surface area contributed by atoms with Gasteiger partial charge in [-0.15, -0.1) is 10.2 Å². The Morgan fingerprint density at radius 2 is 1.66 bits per heavy atom. The molecular formula is C34H36ClN5O4. The van der Waals surface area contributed by atoms with Crippen LogP contribution >= 0.6 is 11.6 Å². The zero-order valence-electron chi connectivity index (χ0n) is 25.1. The van der Waals surface area contributed by atoms with E-state index >= 15 is 0 Å². The van der Waals surface area contributed by atoms with Crippen LogP contribution in [0, 0.1) is 0 Å². The van der Waals surface area contributed by atoms with Crippen molar-refractivity contribution < 1.29 is 19.1 Å². The topological polar surface area (TPSA) is 88.1 Å². The Kier molecular flexibility index (Phi) is 9.96. The molecular weight excluding hydrogens is 578 g/mol. The lowest BCUT2D eigenvalue weighted by molar-refractivity contribution is -0.132. The minimum Gasteiger partial charge on any atom is -0.497 e.